The van der Waals surface area contributed by atoms with Crippen molar-refractivity contribution < 1.29 is 9.90 Å². The molecular formula is C18H26N2O2S. The second kappa shape index (κ2) is 6.19. The lowest BCUT2D eigenvalue weighted by Gasteiger charge is -2.39. The van der Waals surface area contributed by atoms with Crippen molar-refractivity contribution in [1.29, 1.82) is 0 Å². The van der Waals surface area contributed by atoms with E-state index >= 15 is 0 Å². The zero-order chi connectivity index (χ0) is 16.0. The predicted octanol–water partition coefficient (Wildman–Crippen LogP) is 2.22. The van der Waals surface area contributed by atoms with Gasteiger partial charge in [0.05, 0.1) is 6.10 Å². The second-order valence-electron chi connectivity index (χ2n) is 7.32. The van der Waals surface area contributed by atoms with Gasteiger partial charge in [0.1, 0.15) is 0 Å². The average Bonchev–Trinajstić information content (AvgIpc) is 3.06. The van der Waals surface area contributed by atoms with E-state index < -0.39 is 0 Å². The number of amides is 1. The Bertz CT molecular complexity index is 579. The maximum Gasteiger partial charge on any atom is 0.226 e. The molecule has 1 N–H and O–H groups in total. The highest BCUT2D eigenvalue weighted by atomic mass is 32.1. The van der Waals surface area contributed by atoms with Gasteiger partial charge in [-0.2, -0.15) is 0 Å². The molecule has 0 spiro atoms. The normalized spacial score (nSPS) is 34.8. The minimum atomic E-state index is -0.160. The first-order chi connectivity index (χ1) is 11.1. The fourth-order valence-electron chi connectivity index (χ4n) is 4.29. The number of aliphatic hydroxyl groups is 1. The van der Waals surface area contributed by atoms with Crippen molar-refractivity contribution in [2.24, 2.45) is 5.92 Å². The molecule has 1 amide bonds. The lowest BCUT2D eigenvalue weighted by molar-refractivity contribution is -0.135. The summed E-state index contributed by atoms with van der Waals surface area (Å²) in [5.41, 5.74) is 0. The van der Waals surface area contributed by atoms with E-state index in [-0.39, 0.29) is 12.0 Å². The van der Waals surface area contributed by atoms with E-state index in [0.717, 1.165) is 51.9 Å². The molecule has 4 nitrogen and oxygen atoms in total. The van der Waals surface area contributed by atoms with Gasteiger partial charge in [-0.3, -0.25) is 9.69 Å². The average molecular weight is 334 g/mol. The molecule has 126 valence electrons. The maximum atomic E-state index is 12.7. The summed E-state index contributed by atoms with van der Waals surface area (Å²) in [7, 11) is 0. The number of aliphatic hydroxyl groups excluding tert-OH is 1. The number of nitrogens with zero attached hydrogens (tertiary/aromatic N) is 2. The van der Waals surface area contributed by atoms with Crippen LogP contribution < -0.4 is 0 Å². The van der Waals surface area contributed by atoms with Gasteiger partial charge in [0, 0.05) is 53.8 Å². The maximum absolute atomic E-state index is 12.7. The van der Waals surface area contributed by atoms with Crippen molar-refractivity contribution in [2.45, 2.75) is 50.7 Å². The Labute approximate surface area is 142 Å². The van der Waals surface area contributed by atoms with Crippen molar-refractivity contribution in [3.8, 4) is 0 Å². The van der Waals surface area contributed by atoms with Crippen LogP contribution >= 0.6 is 11.3 Å². The van der Waals surface area contributed by atoms with Gasteiger partial charge in [0.15, 0.2) is 0 Å². The van der Waals surface area contributed by atoms with Crippen LogP contribution in [0.2, 0.25) is 0 Å². The Balaban J connectivity index is 1.30. The molecule has 1 aliphatic heterocycles. The van der Waals surface area contributed by atoms with Crippen molar-refractivity contribution in [1.82, 2.24) is 9.80 Å². The largest absolute Gasteiger partial charge is 0.391 e. The smallest absolute Gasteiger partial charge is 0.226 e. The Morgan fingerprint density at radius 1 is 1.22 bits per heavy atom. The lowest BCUT2D eigenvalue weighted by Crippen LogP contribution is -2.54. The van der Waals surface area contributed by atoms with Crippen molar-refractivity contribution in [3.05, 3.63) is 21.9 Å². The van der Waals surface area contributed by atoms with E-state index in [2.05, 4.69) is 28.9 Å². The van der Waals surface area contributed by atoms with E-state index in [1.54, 1.807) is 0 Å². The summed E-state index contributed by atoms with van der Waals surface area (Å²) in [6, 6.07) is 4.68. The standard InChI is InChI=1S/C18H26N2O2S/c1-12-5-6-17(23-12)13-11-14(13)18(22)20-9-7-19(8-10-20)15-3-2-4-16(15)21/h5-6,13-16,21H,2-4,7-11H2,1H3/t13-,14+,15-,16-/m1/s1. The molecule has 0 bridgehead atoms. The summed E-state index contributed by atoms with van der Waals surface area (Å²) in [5, 5.41) is 10.1. The molecule has 2 aliphatic carbocycles. The van der Waals surface area contributed by atoms with Crippen molar-refractivity contribution >= 4 is 17.2 Å². The van der Waals surface area contributed by atoms with Crippen LogP contribution in [0.4, 0.5) is 0 Å². The van der Waals surface area contributed by atoms with Gasteiger partial charge in [-0.05, 0) is 44.7 Å². The summed E-state index contributed by atoms with van der Waals surface area (Å²) >= 11 is 1.84. The van der Waals surface area contributed by atoms with Crippen LogP contribution in [0.25, 0.3) is 0 Å². The van der Waals surface area contributed by atoms with E-state index in [1.165, 1.54) is 9.75 Å². The topological polar surface area (TPSA) is 43.8 Å². The van der Waals surface area contributed by atoms with Crippen molar-refractivity contribution in [2.75, 3.05) is 26.2 Å². The Morgan fingerprint density at radius 3 is 2.61 bits per heavy atom. The lowest BCUT2D eigenvalue weighted by atomic mass is 10.1. The van der Waals surface area contributed by atoms with Gasteiger partial charge in [0.2, 0.25) is 5.91 Å². The van der Waals surface area contributed by atoms with Gasteiger partial charge < -0.3 is 10.0 Å². The number of piperazine rings is 1. The fourth-order valence-corrected chi connectivity index (χ4v) is 5.35. The first kappa shape index (κ1) is 15.6. The molecule has 5 heteroatoms. The molecule has 4 rings (SSSR count). The molecule has 2 heterocycles. The quantitative estimate of drug-likeness (QED) is 0.922. The Hall–Kier alpha value is -0.910. The minimum Gasteiger partial charge on any atom is -0.391 e. The number of hydrogen-bond acceptors (Lipinski definition) is 4. The van der Waals surface area contributed by atoms with Gasteiger partial charge in [-0.1, -0.05) is 0 Å². The zero-order valence-electron chi connectivity index (χ0n) is 13.8. The third kappa shape index (κ3) is 3.06. The van der Waals surface area contributed by atoms with Crippen LogP contribution in [0.15, 0.2) is 12.1 Å². The van der Waals surface area contributed by atoms with E-state index in [0.29, 0.717) is 17.9 Å². The molecule has 3 aliphatic rings. The van der Waals surface area contributed by atoms with Gasteiger partial charge >= 0.3 is 0 Å². The van der Waals surface area contributed by atoms with Crippen LogP contribution in [-0.2, 0) is 4.79 Å². The van der Waals surface area contributed by atoms with Gasteiger partial charge in [-0.25, -0.2) is 0 Å². The molecule has 0 radical (unpaired) electrons. The Morgan fingerprint density at radius 2 is 2.00 bits per heavy atom. The highest BCUT2D eigenvalue weighted by Crippen LogP contribution is 2.50. The van der Waals surface area contributed by atoms with Gasteiger partial charge in [-0.15, -0.1) is 11.3 Å². The minimum absolute atomic E-state index is 0.160. The summed E-state index contributed by atoms with van der Waals surface area (Å²) in [4.78, 5) is 19.9. The van der Waals surface area contributed by atoms with E-state index in [1.807, 2.05) is 11.3 Å². The fraction of sp³-hybridized carbons (Fsp3) is 0.722. The summed E-state index contributed by atoms with van der Waals surface area (Å²) in [5.74, 6) is 1.04. The molecule has 1 aromatic rings. The van der Waals surface area contributed by atoms with Crippen LogP contribution in [0, 0.1) is 12.8 Å². The van der Waals surface area contributed by atoms with Crippen LogP contribution in [0.1, 0.15) is 41.4 Å². The SMILES string of the molecule is Cc1ccc([C@@H]2C[C@@H]2C(=O)N2CCN([C@@H]3CCC[C@H]3O)CC2)s1. The molecule has 4 atom stereocenters. The Kier molecular flexibility index (Phi) is 4.20. The first-order valence-corrected chi connectivity index (χ1v) is 9.72. The number of thiophene rings is 1. The predicted molar refractivity (Wildman–Crippen MR) is 91.7 cm³/mol. The molecule has 0 aromatic carbocycles. The number of aryl methyl sites for hydroxylation is 1. The second-order valence-corrected chi connectivity index (χ2v) is 8.64. The number of carbonyl (C=O) groups excluding carboxylic acids is 1. The third-order valence-corrected chi connectivity index (χ3v) is 6.91. The summed E-state index contributed by atoms with van der Waals surface area (Å²) in [6.07, 6.45) is 4.05. The van der Waals surface area contributed by atoms with Crippen LogP contribution in [0.5, 0.6) is 0 Å². The van der Waals surface area contributed by atoms with Crippen molar-refractivity contribution in [3.63, 3.8) is 0 Å². The van der Waals surface area contributed by atoms with Crippen LogP contribution in [-0.4, -0.2) is 59.1 Å². The highest BCUT2D eigenvalue weighted by molar-refractivity contribution is 7.12. The van der Waals surface area contributed by atoms with E-state index in [9.17, 15) is 9.90 Å². The molecular weight excluding hydrogens is 308 g/mol. The molecule has 1 aromatic heterocycles. The molecule has 3 fully saturated rings. The van der Waals surface area contributed by atoms with Crippen LogP contribution in [0.3, 0.4) is 0 Å². The molecule has 0 unspecified atom stereocenters. The first-order valence-electron chi connectivity index (χ1n) is 8.90. The molecule has 2 saturated carbocycles. The number of rotatable bonds is 3. The summed E-state index contributed by atoms with van der Waals surface area (Å²) in [6.45, 7) is 5.62. The third-order valence-electron chi connectivity index (χ3n) is 5.77. The number of carbonyl (C=O) groups is 1. The molecule has 23 heavy (non-hydrogen) atoms. The van der Waals surface area contributed by atoms with Gasteiger partial charge in [0.25, 0.3) is 0 Å². The summed E-state index contributed by atoms with van der Waals surface area (Å²) < 4.78 is 0. The molecule has 1 saturated heterocycles. The zero-order valence-corrected chi connectivity index (χ0v) is 14.6. The monoisotopic (exact) mass is 334 g/mol. The number of hydrogen-bond donors (Lipinski definition) is 1. The van der Waals surface area contributed by atoms with E-state index in [4.69, 9.17) is 0 Å². The highest BCUT2D eigenvalue weighted by Gasteiger charge is 2.47.